The summed E-state index contributed by atoms with van der Waals surface area (Å²) in [7, 11) is 0. The van der Waals surface area contributed by atoms with E-state index < -0.39 is 18.2 Å². The van der Waals surface area contributed by atoms with Gasteiger partial charge in [0.2, 0.25) is 0 Å². The molecule has 4 heteroatoms. The van der Waals surface area contributed by atoms with Crippen LogP contribution in [0.3, 0.4) is 0 Å². The van der Waals surface area contributed by atoms with Crippen LogP contribution in [0.4, 0.5) is 13.2 Å². The molecule has 0 amide bonds. The summed E-state index contributed by atoms with van der Waals surface area (Å²) >= 11 is 0. The molecule has 0 aliphatic heterocycles. The van der Waals surface area contributed by atoms with Crippen molar-refractivity contribution >= 4 is 10.8 Å². The Morgan fingerprint density at radius 1 is 1.05 bits per heavy atom. The molecule has 0 saturated carbocycles. The number of hydrogen-bond donors (Lipinski definition) is 1. The maximum Gasteiger partial charge on any atom is 0.421 e. The minimum atomic E-state index is -4.76. The number of rotatable bonds is 3. The molecule has 2 aromatic rings. The van der Waals surface area contributed by atoms with E-state index in [1.807, 2.05) is 0 Å². The smallest absolute Gasteiger partial charge is 0.376 e. The summed E-state index contributed by atoms with van der Waals surface area (Å²) in [5.74, 6) is 0. The molecule has 1 N–H and O–H groups in total. The molecule has 0 aliphatic carbocycles. The molecule has 19 heavy (non-hydrogen) atoms. The summed E-state index contributed by atoms with van der Waals surface area (Å²) in [5.41, 5.74) is -3.05. The van der Waals surface area contributed by atoms with E-state index in [9.17, 15) is 18.3 Å². The Labute approximate surface area is 109 Å². The van der Waals surface area contributed by atoms with Crippen LogP contribution < -0.4 is 0 Å². The van der Waals surface area contributed by atoms with Gasteiger partial charge in [0.15, 0.2) is 5.60 Å². The molecule has 1 atom stereocenters. The maximum atomic E-state index is 13.2. The van der Waals surface area contributed by atoms with Gasteiger partial charge >= 0.3 is 6.18 Å². The van der Waals surface area contributed by atoms with Crippen molar-refractivity contribution < 1.29 is 18.3 Å². The van der Waals surface area contributed by atoms with Crippen molar-refractivity contribution in [3.8, 4) is 0 Å². The van der Waals surface area contributed by atoms with Gasteiger partial charge in [0.1, 0.15) is 0 Å². The highest BCUT2D eigenvalue weighted by Gasteiger charge is 2.54. The Morgan fingerprint density at radius 3 is 2.32 bits per heavy atom. The largest absolute Gasteiger partial charge is 0.421 e. The second kappa shape index (κ2) is 4.70. The summed E-state index contributed by atoms with van der Waals surface area (Å²) < 4.78 is 39.6. The van der Waals surface area contributed by atoms with E-state index in [2.05, 4.69) is 6.58 Å². The zero-order chi connectivity index (χ0) is 14.1. The molecule has 0 radical (unpaired) electrons. The predicted octanol–water partition coefficient (Wildman–Crippen LogP) is 4.17. The molecular formula is C15H13F3O. The molecule has 0 fully saturated rings. The minimum absolute atomic E-state index is 0.141. The summed E-state index contributed by atoms with van der Waals surface area (Å²) in [6.07, 6.45) is -4.26. The fourth-order valence-corrected chi connectivity index (χ4v) is 2.17. The van der Waals surface area contributed by atoms with Crippen molar-refractivity contribution in [3.05, 3.63) is 60.7 Å². The zero-order valence-electron chi connectivity index (χ0n) is 10.1. The van der Waals surface area contributed by atoms with E-state index in [1.54, 1.807) is 30.3 Å². The molecule has 100 valence electrons. The van der Waals surface area contributed by atoms with Crippen molar-refractivity contribution in [2.75, 3.05) is 0 Å². The SMILES string of the molecule is C=CC[C@@](O)(c1cccc2ccccc12)C(F)(F)F. The highest BCUT2D eigenvalue weighted by Crippen LogP contribution is 2.44. The minimum Gasteiger partial charge on any atom is -0.376 e. The van der Waals surface area contributed by atoms with Crippen LogP contribution in [0.25, 0.3) is 10.8 Å². The number of halogens is 3. The average molecular weight is 266 g/mol. The first-order valence-electron chi connectivity index (χ1n) is 5.78. The van der Waals surface area contributed by atoms with Gasteiger partial charge in [-0.1, -0.05) is 48.5 Å². The second-order valence-corrected chi connectivity index (χ2v) is 4.38. The monoisotopic (exact) mass is 266 g/mol. The van der Waals surface area contributed by atoms with Gasteiger partial charge in [0, 0.05) is 12.0 Å². The molecule has 0 aliphatic rings. The van der Waals surface area contributed by atoms with Crippen LogP contribution >= 0.6 is 0 Å². The Balaban J connectivity index is 2.73. The molecule has 0 unspecified atom stereocenters. The first kappa shape index (κ1) is 13.6. The topological polar surface area (TPSA) is 20.2 Å². The van der Waals surface area contributed by atoms with Crippen molar-refractivity contribution in [1.82, 2.24) is 0 Å². The van der Waals surface area contributed by atoms with Gasteiger partial charge in [0.25, 0.3) is 0 Å². The highest BCUT2D eigenvalue weighted by molar-refractivity contribution is 5.86. The molecule has 0 spiro atoms. The van der Waals surface area contributed by atoms with Gasteiger partial charge in [-0.25, -0.2) is 0 Å². The lowest BCUT2D eigenvalue weighted by Crippen LogP contribution is -2.42. The number of aliphatic hydroxyl groups is 1. The standard InChI is InChI=1S/C15H13F3O/c1-2-10-14(19,15(16,17)18)13-9-5-7-11-6-3-4-8-12(11)13/h2-9,19H,1,10H2/t14-/m1/s1. The Hall–Kier alpha value is -1.81. The third-order valence-electron chi connectivity index (χ3n) is 3.14. The normalized spacial score (nSPS) is 15.2. The van der Waals surface area contributed by atoms with Crippen molar-refractivity contribution in [2.24, 2.45) is 0 Å². The molecule has 2 rings (SSSR count). The molecule has 1 nitrogen and oxygen atoms in total. The van der Waals surface area contributed by atoms with E-state index in [0.717, 1.165) is 6.08 Å². The van der Waals surface area contributed by atoms with Crippen LogP contribution in [0.2, 0.25) is 0 Å². The van der Waals surface area contributed by atoms with Gasteiger partial charge in [-0.15, -0.1) is 6.58 Å². The predicted molar refractivity (Wildman–Crippen MR) is 68.7 cm³/mol. The Morgan fingerprint density at radius 2 is 1.68 bits per heavy atom. The van der Waals surface area contributed by atoms with Gasteiger partial charge in [-0.05, 0) is 10.8 Å². The van der Waals surface area contributed by atoms with E-state index >= 15 is 0 Å². The number of alkyl halides is 3. The van der Waals surface area contributed by atoms with Crippen LogP contribution in [0.15, 0.2) is 55.1 Å². The van der Waals surface area contributed by atoms with Crippen molar-refractivity contribution in [2.45, 2.75) is 18.2 Å². The lowest BCUT2D eigenvalue weighted by atomic mass is 9.86. The molecule has 0 heterocycles. The Bertz CT molecular complexity index is 598. The number of fused-ring (bicyclic) bond motifs is 1. The fraction of sp³-hybridized carbons (Fsp3) is 0.200. The molecule has 0 bridgehead atoms. The van der Waals surface area contributed by atoms with E-state index in [1.165, 1.54) is 12.1 Å². The molecule has 0 saturated heterocycles. The van der Waals surface area contributed by atoms with Gasteiger partial charge in [-0.2, -0.15) is 13.2 Å². The zero-order valence-corrected chi connectivity index (χ0v) is 10.1. The van der Waals surface area contributed by atoms with Crippen molar-refractivity contribution in [1.29, 1.82) is 0 Å². The van der Waals surface area contributed by atoms with Crippen molar-refractivity contribution in [3.63, 3.8) is 0 Å². The van der Waals surface area contributed by atoms with Crippen LogP contribution in [-0.4, -0.2) is 11.3 Å². The maximum absolute atomic E-state index is 13.2. The molecule has 0 aromatic heterocycles. The quantitative estimate of drug-likeness (QED) is 0.827. The first-order valence-corrected chi connectivity index (χ1v) is 5.78. The number of hydrogen-bond acceptors (Lipinski definition) is 1. The lowest BCUT2D eigenvalue weighted by Gasteiger charge is -2.31. The number of benzene rings is 2. The summed E-state index contributed by atoms with van der Waals surface area (Å²) in [6.45, 7) is 3.30. The van der Waals surface area contributed by atoms with Crippen LogP contribution in [0, 0.1) is 0 Å². The second-order valence-electron chi connectivity index (χ2n) is 4.38. The molecule has 2 aromatic carbocycles. The summed E-state index contributed by atoms with van der Waals surface area (Å²) in [4.78, 5) is 0. The van der Waals surface area contributed by atoms with Gasteiger partial charge in [-0.3, -0.25) is 0 Å². The van der Waals surface area contributed by atoms with E-state index in [4.69, 9.17) is 0 Å². The Kier molecular flexibility index (Phi) is 3.37. The summed E-state index contributed by atoms with van der Waals surface area (Å²) in [6, 6.07) is 11.2. The van der Waals surface area contributed by atoms with Gasteiger partial charge < -0.3 is 5.11 Å². The third kappa shape index (κ3) is 2.24. The van der Waals surface area contributed by atoms with Crippen LogP contribution in [-0.2, 0) is 5.60 Å². The fourth-order valence-electron chi connectivity index (χ4n) is 2.17. The molecular weight excluding hydrogens is 253 g/mol. The van der Waals surface area contributed by atoms with E-state index in [-0.39, 0.29) is 5.56 Å². The summed E-state index contributed by atoms with van der Waals surface area (Å²) in [5, 5.41) is 11.2. The first-order chi connectivity index (χ1) is 8.90. The van der Waals surface area contributed by atoms with Crippen LogP contribution in [0.1, 0.15) is 12.0 Å². The lowest BCUT2D eigenvalue weighted by molar-refractivity contribution is -0.264. The highest BCUT2D eigenvalue weighted by atomic mass is 19.4. The third-order valence-corrected chi connectivity index (χ3v) is 3.14. The van der Waals surface area contributed by atoms with E-state index in [0.29, 0.717) is 10.8 Å². The average Bonchev–Trinajstić information content (AvgIpc) is 2.37. The van der Waals surface area contributed by atoms with Crippen LogP contribution in [0.5, 0.6) is 0 Å². The van der Waals surface area contributed by atoms with Gasteiger partial charge in [0.05, 0.1) is 0 Å².